The molecule has 1 unspecified atom stereocenters. The zero-order chi connectivity index (χ0) is 19.4. The second-order valence-corrected chi connectivity index (χ2v) is 7.43. The van der Waals surface area contributed by atoms with Crippen molar-refractivity contribution in [3.63, 3.8) is 0 Å². The van der Waals surface area contributed by atoms with E-state index in [0.717, 1.165) is 34.5 Å². The highest BCUT2D eigenvalue weighted by molar-refractivity contribution is 5.79. The molecule has 0 radical (unpaired) electrons. The van der Waals surface area contributed by atoms with E-state index in [1.165, 1.54) is 0 Å². The second-order valence-electron chi connectivity index (χ2n) is 7.43. The summed E-state index contributed by atoms with van der Waals surface area (Å²) in [6, 6.07) is 11.8. The predicted octanol–water partition coefficient (Wildman–Crippen LogP) is 4.85. The van der Waals surface area contributed by atoms with Gasteiger partial charge in [-0.15, -0.1) is 0 Å². The van der Waals surface area contributed by atoms with Crippen LogP contribution in [0.5, 0.6) is 5.75 Å². The van der Waals surface area contributed by atoms with Crippen LogP contribution in [0.3, 0.4) is 0 Å². The molecule has 0 aliphatic heterocycles. The number of rotatable bonds is 8. The number of carboxylic acid groups (broad SMARTS) is 1. The molecule has 3 rings (SSSR count). The lowest BCUT2D eigenvalue weighted by atomic mass is 9.98. The molecule has 0 aliphatic rings. The van der Waals surface area contributed by atoms with Crippen LogP contribution in [-0.2, 0) is 17.9 Å². The van der Waals surface area contributed by atoms with Crippen LogP contribution in [0.1, 0.15) is 44.2 Å². The molecule has 3 aromatic rings. The van der Waals surface area contributed by atoms with Gasteiger partial charge in [0.05, 0.1) is 6.42 Å². The quantitative estimate of drug-likeness (QED) is 0.619. The van der Waals surface area contributed by atoms with Crippen molar-refractivity contribution >= 4 is 17.0 Å². The highest BCUT2D eigenvalue weighted by Crippen LogP contribution is 2.24. The van der Waals surface area contributed by atoms with Gasteiger partial charge in [-0.1, -0.05) is 32.9 Å². The first-order valence-electron chi connectivity index (χ1n) is 9.31. The van der Waals surface area contributed by atoms with E-state index >= 15 is 0 Å². The molecule has 0 amide bonds. The molecule has 0 spiro atoms. The van der Waals surface area contributed by atoms with Crippen LogP contribution < -0.4 is 4.74 Å². The number of aliphatic carboxylic acids is 1. The van der Waals surface area contributed by atoms with Crippen LogP contribution in [0.2, 0.25) is 0 Å². The molecule has 142 valence electrons. The summed E-state index contributed by atoms with van der Waals surface area (Å²) in [7, 11) is 0. The molecule has 5 nitrogen and oxygen atoms in total. The molecule has 0 bridgehead atoms. The van der Waals surface area contributed by atoms with Crippen molar-refractivity contribution in [1.82, 2.24) is 9.55 Å². The van der Waals surface area contributed by atoms with E-state index in [1.807, 2.05) is 43.5 Å². The van der Waals surface area contributed by atoms with Crippen molar-refractivity contribution < 1.29 is 14.6 Å². The zero-order valence-electron chi connectivity index (χ0n) is 16.1. The van der Waals surface area contributed by atoms with E-state index in [0.29, 0.717) is 12.5 Å². The molecule has 0 saturated heterocycles. The van der Waals surface area contributed by atoms with Crippen LogP contribution >= 0.6 is 0 Å². The molecule has 5 heteroatoms. The van der Waals surface area contributed by atoms with E-state index in [9.17, 15) is 4.79 Å². The number of pyridine rings is 1. The molecule has 1 atom stereocenters. The number of carbonyl (C=O) groups is 1. The average molecular weight is 366 g/mol. The van der Waals surface area contributed by atoms with Gasteiger partial charge in [-0.2, -0.15) is 0 Å². The zero-order valence-corrected chi connectivity index (χ0v) is 16.1. The minimum Gasteiger partial charge on any atom is -0.489 e. The minimum absolute atomic E-state index is 0.0166. The maximum atomic E-state index is 10.8. The van der Waals surface area contributed by atoms with Gasteiger partial charge in [0.25, 0.3) is 0 Å². The molecule has 2 heterocycles. The SMILES string of the molecule is CC(C)Cn1ccc2c(COc3ccc(C(C)CC(=O)O)cc3)ccnc21. The third kappa shape index (κ3) is 4.67. The smallest absolute Gasteiger partial charge is 0.303 e. The molecular weight excluding hydrogens is 340 g/mol. The third-order valence-corrected chi connectivity index (χ3v) is 4.64. The molecule has 0 saturated carbocycles. The van der Waals surface area contributed by atoms with Gasteiger partial charge in [0.1, 0.15) is 18.0 Å². The Morgan fingerprint density at radius 2 is 1.89 bits per heavy atom. The molecule has 2 aromatic heterocycles. The largest absolute Gasteiger partial charge is 0.489 e. The molecule has 27 heavy (non-hydrogen) atoms. The monoisotopic (exact) mass is 366 g/mol. The highest BCUT2D eigenvalue weighted by atomic mass is 16.5. The summed E-state index contributed by atoms with van der Waals surface area (Å²) in [5, 5.41) is 10.0. The van der Waals surface area contributed by atoms with E-state index in [2.05, 4.69) is 35.7 Å². The summed E-state index contributed by atoms with van der Waals surface area (Å²) in [5.41, 5.74) is 3.09. The number of ether oxygens (including phenoxy) is 1. The Hall–Kier alpha value is -2.82. The van der Waals surface area contributed by atoms with Gasteiger partial charge in [0, 0.05) is 29.9 Å². The summed E-state index contributed by atoms with van der Waals surface area (Å²) in [4.78, 5) is 15.4. The lowest BCUT2D eigenvalue weighted by Gasteiger charge is -2.12. The van der Waals surface area contributed by atoms with Gasteiger partial charge in [0.2, 0.25) is 0 Å². The van der Waals surface area contributed by atoms with Crippen LogP contribution in [0.15, 0.2) is 48.8 Å². The maximum Gasteiger partial charge on any atom is 0.303 e. The summed E-state index contributed by atoms with van der Waals surface area (Å²) in [6.45, 7) is 7.71. The van der Waals surface area contributed by atoms with Gasteiger partial charge in [-0.3, -0.25) is 4.79 Å². The Kier molecular flexibility index (Phi) is 5.79. The highest BCUT2D eigenvalue weighted by Gasteiger charge is 2.11. The van der Waals surface area contributed by atoms with Crippen molar-refractivity contribution in [1.29, 1.82) is 0 Å². The van der Waals surface area contributed by atoms with E-state index in [4.69, 9.17) is 9.84 Å². The Morgan fingerprint density at radius 3 is 2.56 bits per heavy atom. The number of aromatic nitrogens is 2. The predicted molar refractivity (Wildman–Crippen MR) is 106 cm³/mol. The van der Waals surface area contributed by atoms with Crippen molar-refractivity contribution in [2.24, 2.45) is 5.92 Å². The fourth-order valence-electron chi connectivity index (χ4n) is 3.25. The van der Waals surface area contributed by atoms with Gasteiger partial charge in [0.15, 0.2) is 0 Å². The molecule has 1 aromatic carbocycles. The topological polar surface area (TPSA) is 64.3 Å². The number of carboxylic acids is 1. The van der Waals surface area contributed by atoms with Crippen molar-refractivity contribution in [3.05, 3.63) is 59.9 Å². The first kappa shape index (κ1) is 19.0. The van der Waals surface area contributed by atoms with E-state index < -0.39 is 5.97 Å². The minimum atomic E-state index is -0.783. The van der Waals surface area contributed by atoms with Crippen molar-refractivity contribution in [2.75, 3.05) is 0 Å². The number of hydrogen-bond acceptors (Lipinski definition) is 3. The second kappa shape index (κ2) is 8.25. The van der Waals surface area contributed by atoms with Crippen LogP contribution in [0, 0.1) is 5.92 Å². The number of fused-ring (bicyclic) bond motifs is 1. The summed E-state index contributed by atoms with van der Waals surface area (Å²) in [6.07, 6.45) is 4.04. The first-order valence-corrected chi connectivity index (χ1v) is 9.31. The van der Waals surface area contributed by atoms with Gasteiger partial charge >= 0.3 is 5.97 Å². The lowest BCUT2D eigenvalue weighted by molar-refractivity contribution is -0.137. The van der Waals surface area contributed by atoms with Crippen molar-refractivity contribution in [2.45, 2.75) is 46.3 Å². The Morgan fingerprint density at radius 1 is 1.15 bits per heavy atom. The molecule has 1 N–H and O–H groups in total. The van der Waals surface area contributed by atoms with Crippen LogP contribution in [0.4, 0.5) is 0 Å². The van der Waals surface area contributed by atoms with Crippen LogP contribution in [-0.4, -0.2) is 20.6 Å². The standard InChI is InChI=1S/C22H26N2O3/c1-15(2)13-24-11-9-20-18(8-10-23-22(20)24)14-27-19-6-4-17(5-7-19)16(3)12-21(25)26/h4-11,15-16H,12-14H2,1-3H3,(H,25,26). The number of hydrogen-bond donors (Lipinski definition) is 1. The third-order valence-electron chi connectivity index (χ3n) is 4.64. The lowest BCUT2D eigenvalue weighted by Crippen LogP contribution is -2.04. The van der Waals surface area contributed by atoms with Gasteiger partial charge < -0.3 is 14.4 Å². The number of nitrogens with zero attached hydrogens (tertiary/aromatic N) is 2. The number of benzene rings is 1. The summed E-state index contributed by atoms with van der Waals surface area (Å²) in [5.74, 6) is 0.531. The Balaban J connectivity index is 1.70. The van der Waals surface area contributed by atoms with E-state index in [-0.39, 0.29) is 12.3 Å². The van der Waals surface area contributed by atoms with Crippen molar-refractivity contribution in [3.8, 4) is 5.75 Å². The van der Waals surface area contributed by atoms with Gasteiger partial charge in [-0.05, 0) is 41.7 Å². The molecular formula is C22H26N2O3. The normalized spacial score (nSPS) is 12.4. The molecule has 0 fully saturated rings. The summed E-state index contributed by atoms with van der Waals surface area (Å²) >= 11 is 0. The van der Waals surface area contributed by atoms with E-state index in [1.54, 1.807) is 0 Å². The average Bonchev–Trinajstić information content (AvgIpc) is 3.03. The van der Waals surface area contributed by atoms with Crippen LogP contribution in [0.25, 0.3) is 11.0 Å². The maximum absolute atomic E-state index is 10.8. The van der Waals surface area contributed by atoms with Gasteiger partial charge in [-0.25, -0.2) is 4.98 Å². The summed E-state index contributed by atoms with van der Waals surface area (Å²) < 4.78 is 8.14. The molecule has 0 aliphatic carbocycles. The first-order chi connectivity index (χ1) is 12.9. The Bertz CT molecular complexity index is 913. The Labute approximate surface area is 159 Å². The fourth-order valence-corrected chi connectivity index (χ4v) is 3.25. The fraction of sp³-hybridized carbons (Fsp3) is 0.364.